The fraction of sp³-hybridized carbons (Fsp3) is 0.600. The third-order valence-corrected chi connectivity index (χ3v) is 6.21. The first-order valence-corrected chi connectivity index (χ1v) is 11.0. The van der Waals surface area contributed by atoms with E-state index < -0.39 is 5.97 Å². The van der Waals surface area contributed by atoms with E-state index in [1.165, 1.54) is 16.7 Å². The first-order valence-electron chi connectivity index (χ1n) is 11.0. The highest BCUT2D eigenvalue weighted by atomic mass is 16.5. The summed E-state index contributed by atoms with van der Waals surface area (Å²) in [5.74, 6) is -0.173. The number of esters is 1. The van der Waals surface area contributed by atoms with Crippen molar-refractivity contribution in [2.75, 3.05) is 26.9 Å². The highest BCUT2D eigenvalue weighted by Crippen LogP contribution is 2.40. The van der Waals surface area contributed by atoms with E-state index in [4.69, 9.17) is 19.3 Å². The summed E-state index contributed by atoms with van der Waals surface area (Å²) < 4.78 is 15.9. The first-order chi connectivity index (χ1) is 14.9. The Hall–Kier alpha value is -2.18. The molecule has 1 fully saturated rings. The van der Waals surface area contributed by atoms with Gasteiger partial charge in [0.05, 0.1) is 32.0 Å². The maximum atomic E-state index is 12.9. The van der Waals surface area contributed by atoms with Crippen LogP contribution in [0.3, 0.4) is 0 Å². The number of allylic oxidation sites excluding steroid dienone is 1. The molecule has 4 atom stereocenters. The quantitative estimate of drug-likeness (QED) is 0.309. The molecule has 1 aliphatic carbocycles. The maximum Gasteiger partial charge on any atom is 0.309 e. The molecule has 1 N–H and O–H groups in total. The third-order valence-electron chi connectivity index (χ3n) is 6.21. The van der Waals surface area contributed by atoms with Crippen molar-refractivity contribution in [2.45, 2.75) is 52.6 Å². The minimum Gasteiger partial charge on any atom is -0.501 e. The van der Waals surface area contributed by atoms with Crippen LogP contribution in [0.1, 0.15) is 42.9 Å². The predicted octanol–water partition coefficient (Wildman–Crippen LogP) is 3.55. The summed E-state index contributed by atoms with van der Waals surface area (Å²) >= 11 is 0. The summed E-state index contributed by atoms with van der Waals surface area (Å²) in [6.07, 6.45) is 5.87. The Kier molecular flexibility index (Phi) is 10.2. The molecule has 1 saturated carbocycles. The van der Waals surface area contributed by atoms with Crippen LogP contribution in [0, 0.1) is 31.6 Å². The summed E-state index contributed by atoms with van der Waals surface area (Å²) in [5, 5.41) is 8.63. The van der Waals surface area contributed by atoms with Crippen molar-refractivity contribution in [1.29, 1.82) is 0 Å². The van der Waals surface area contributed by atoms with Gasteiger partial charge in [0.2, 0.25) is 0 Å². The lowest BCUT2D eigenvalue weighted by Gasteiger charge is -2.22. The van der Waals surface area contributed by atoms with E-state index in [-0.39, 0.29) is 55.9 Å². The second-order valence-electron chi connectivity index (χ2n) is 8.29. The Morgan fingerprint density at radius 3 is 2.65 bits per heavy atom. The number of aryl methyl sites for hydroxylation is 3. The number of aliphatic hydroxyl groups is 1. The number of hydrogen-bond acceptors (Lipinski definition) is 6. The lowest BCUT2D eigenvalue weighted by Crippen LogP contribution is -2.24. The van der Waals surface area contributed by atoms with E-state index >= 15 is 0 Å². The van der Waals surface area contributed by atoms with Gasteiger partial charge in [0.15, 0.2) is 0 Å². The van der Waals surface area contributed by atoms with Crippen molar-refractivity contribution >= 4 is 11.8 Å². The molecule has 2 rings (SSSR count). The zero-order valence-electron chi connectivity index (χ0n) is 19.1. The summed E-state index contributed by atoms with van der Waals surface area (Å²) in [4.78, 5) is 24.3. The molecule has 0 bridgehead atoms. The highest BCUT2D eigenvalue weighted by molar-refractivity contribution is 5.86. The van der Waals surface area contributed by atoms with Crippen LogP contribution in [-0.4, -0.2) is 49.9 Å². The van der Waals surface area contributed by atoms with Gasteiger partial charge in [-0.3, -0.25) is 9.59 Å². The molecule has 1 aromatic rings. The molecular weight excluding hydrogens is 396 g/mol. The Balaban J connectivity index is 1.90. The van der Waals surface area contributed by atoms with Gasteiger partial charge in [-0.1, -0.05) is 25.1 Å². The van der Waals surface area contributed by atoms with Gasteiger partial charge in [-0.05, 0) is 61.8 Å². The van der Waals surface area contributed by atoms with E-state index in [1.807, 2.05) is 13.0 Å². The maximum absolute atomic E-state index is 12.9. The van der Waals surface area contributed by atoms with Gasteiger partial charge in [-0.2, -0.15) is 0 Å². The number of aliphatic hydroxyl groups excluding tert-OH is 1. The SMILES string of the molecule is COC1C(C)C(=O)[C@H](CCc2ccc(C)c(C)c2)[C@H]1C/C=C\OCCC(=O)OCCO. The molecule has 0 saturated heterocycles. The van der Waals surface area contributed by atoms with Crippen LogP contribution in [0.5, 0.6) is 0 Å². The van der Waals surface area contributed by atoms with E-state index in [0.717, 1.165) is 12.8 Å². The van der Waals surface area contributed by atoms with Gasteiger partial charge in [0, 0.05) is 18.9 Å². The normalized spacial score (nSPS) is 23.5. The molecule has 0 amide bonds. The molecule has 172 valence electrons. The van der Waals surface area contributed by atoms with Crippen LogP contribution in [0.25, 0.3) is 0 Å². The molecule has 1 aromatic carbocycles. The average molecular weight is 433 g/mol. The van der Waals surface area contributed by atoms with E-state index in [1.54, 1.807) is 13.4 Å². The van der Waals surface area contributed by atoms with Gasteiger partial charge in [-0.25, -0.2) is 0 Å². The zero-order chi connectivity index (χ0) is 22.8. The molecule has 6 nitrogen and oxygen atoms in total. The Bertz CT molecular complexity index is 756. The highest BCUT2D eigenvalue weighted by Gasteiger charge is 2.46. The molecular formula is C25H36O6. The van der Waals surface area contributed by atoms with Crippen LogP contribution in [0.4, 0.5) is 0 Å². The lowest BCUT2D eigenvalue weighted by molar-refractivity contribution is -0.145. The zero-order valence-corrected chi connectivity index (χ0v) is 19.1. The van der Waals surface area contributed by atoms with Gasteiger partial charge >= 0.3 is 5.97 Å². The Morgan fingerprint density at radius 1 is 1.19 bits per heavy atom. The summed E-state index contributed by atoms with van der Waals surface area (Å²) in [6.45, 7) is 6.21. The van der Waals surface area contributed by atoms with Crippen LogP contribution >= 0.6 is 0 Å². The Labute approximate surface area is 185 Å². The lowest BCUT2D eigenvalue weighted by atomic mass is 9.86. The van der Waals surface area contributed by atoms with Crippen LogP contribution in [-0.2, 0) is 30.2 Å². The summed E-state index contributed by atoms with van der Waals surface area (Å²) in [6, 6.07) is 6.49. The van der Waals surface area contributed by atoms with Crippen molar-refractivity contribution in [2.24, 2.45) is 17.8 Å². The first kappa shape index (κ1) is 25.1. The van der Waals surface area contributed by atoms with Gasteiger partial charge in [0.25, 0.3) is 0 Å². The molecule has 0 spiro atoms. The number of Topliss-reactive ketones (excluding diaryl/α,β-unsaturated/α-hetero) is 1. The smallest absolute Gasteiger partial charge is 0.309 e. The topological polar surface area (TPSA) is 82.1 Å². The van der Waals surface area contributed by atoms with Crippen LogP contribution in [0.2, 0.25) is 0 Å². The number of carbonyl (C=O) groups is 2. The number of rotatable bonds is 12. The number of ketones is 1. The standard InChI is InChI=1S/C25H36O6/c1-17-7-8-20(16-18(17)2)9-10-21-22(25(29-4)19(3)24(21)28)6-5-13-30-14-11-23(27)31-15-12-26/h5,7-8,13,16,19,21-22,25-26H,6,9-12,14-15H2,1-4H3/b13-5-/t19?,21-,22-,25?/m1/s1. The second-order valence-corrected chi connectivity index (χ2v) is 8.29. The van der Waals surface area contributed by atoms with Crippen molar-refractivity contribution < 1.29 is 28.9 Å². The Morgan fingerprint density at radius 2 is 1.97 bits per heavy atom. The minimum absolute atomic E-state index is 0.00448. The van der Waals surface area contributed by atoms with Crippen LogP contribution in [0.15, 0.2) is 30.5 Å². The number of ether oxygens (including phenoxy) is 3. The number of methoxy groups -OCH3 is 1. The van der Waals surface area contributed by atoms with Crippen LogP contribution < -0.4 is 0 Å². The largest absolute Gasteiger partial charge is 0.501 e. The average Bonchev–Trinajstić information content (AvgIpc) is 2.98. The molecule has 31 heavy (non-hydrogen) atoms. The minimum atomic E-state index is -0.400. The fourth-order valence-corrected chi connectivity index (χ4v) is 4.35. The molecule has 0 heterocycles. The summed E-state index contributed by atoms with van der Waals surface area (Å²) in [5.41, 5.74) is 3.81. The molecule has 2 unspecified atom stereocenters. The number of benzene rings is 1. The van der Waals surface area contributed by atoms with Gasteiger partial charge in [0.1, 0.15) is 12.4 Å². The monoisotopic (exact) mass is 432 g/mol. The number of carbonyl (C=O) groups excluding carboxylic acids is 2. The van der Waals surface area contributed by atoms with Crippen molar-refractivity contribution in [3.63, 3.8) is 0 Å². The van der Waals surface area contributed by atoms with E-state index in [0.29, 0.717) is 6.42 Å². The number of hydrogen-bond donors (Lipinski definition) is 1. The van der Waals surface area contributed by atoms with Gasteiger partial charge in [-0.15, -0.1) is 0 Å². The fourth-order valence-electron chi connectivity index (χ4n) is 4.35. The molecule has 1 aliphatic rings. The van der Waals surface area contributed by atoms with Crippen molar-refractivity contribution in [3.8, 4) is 0 Å². The van der Waals surface area contributed by atoms with Crippen molar-refractivity contribution in [1.82, 2.24) is 0 Å². The molecule has 0 radical (unpaired) electrons. The van der Waals surface area contributed by atoms with E-state index in [9.17, 15) is 9.59 Å². The second kappa shape index (κ2) is 12.6. The van der Waals surface area contributed by atoms with Crippen molar-refractivity contribution in [3.05, 3.63) is 47.2 Å². The molecule has 0 aliphatic heterocycles. The van der Waals surface area contributed by atoms with Gasteiger partial charge < -0.3 is 19.3 Å². The molecule has 6 heteroatoms. The summed E-state index contributed by atoms with van der Waals surface area (Å²) in [7, 11) is 1.67. The molecule has 0 aromatic heterocycles. The van der Waals surface area contributed by atoms with E-state index in [2.05, 4.69) is 32.0 Å². The third kappa shape index (κ3) is 7.18. The predicted molar refractivity (Wildman–Crippen MR) is 119 cm³/mol.